The fourth-order valence-electron chi connectivity index (χ4n) is 2.82. The number of Topliss-reactive ketones (excluding diaryl/α,β-unsaturated/α-hetero) is 1. The Morgan fingerprint density at radius 1 is 1.21 bits per heavy atom. The molecule has 0 fully saturated rings. The van der Waals surface area contributed by atoms with Gasteiger partial charge in [-0.25, -0.2) is 4.79 Å². The number of anilines is 1. The number of hydrogen-bond acceptors (Lipinski definition) is 4. The Kier molecular flexibility index (Phi) is 4.05. The van der Waals surface area contributed by atoms with Crippen molar-refractivity contribution in [1.29, 1.82) is 0 Å². The van der Waals surface area contributed by atoms with Gasteiger partial charge < -0.3 is 9.73 Å². The number of halogens is 1. The molecule has 1 aromatic heterocycles. The van der Waals surface area contributed by atoms with Gasteiger partial charge in [0.25, 0.3) is 5.91 Å². The summed E-state index contributed by atoms with van der Waals surface area (Å²) in [5, 5.41) is 2.75. The van der Waals surface area contributed by atoms with Gasteiger partial charge in [-0.1, -0.05) is 37.6 Å². The van der Waals surface area contributed by atoms with Gasteiger partial charge in [-0.2, -0.15) is 0 Å². The highest BCUT2D eigenvalue weighted by Crippen LogP contribution is 2.34. The van der Waals surface area contributed by atoms with Crippen LogP contribution in [0, 0.1) is 5.41 Å². The molecule has 1 aliphatic carbocycles. The maximum absolute atomic E-state index is 12.3. The van der Waals surface area contributed by atoms with Gasteiger partial charge in [0.2, 0.25) is 0 Å². The van der Waals surface area contributed by atoms with Crippen molar-refractivity contribution in [2.75, 3.05) is 5.32 Å². The first-order chi connectivity index (χ1) is 11.3. The standard InChI is InChI=1S/C18H16ClNO4/c1-18(2)8-14(21)11-7-13(17(23)24-15(11)9-18)20-16(22)10-5-3-4-6-12(10)19/h3-7H,8-9H2,1-2H3,(H,20,22). The molecule has 6 heteroatoms. The summed E-state index contributed by atoms with van der Waals surface area (Å²) in [6.45, 7) is 3.89. The van der Waals surface area contributed by atoms with Crippen molar-refractivity contribution in [2.24, 2.45) is 5.41 Å². The molecule has 1 aromatic carbocycles. The van der Waals surface area contributed by atoms with Gasteiger partial charge in [0, 0.05) is 12.8 Å². The molecule has 1 aliphatic rings. The second-order valence-electron chi connectivity index (χ2n) is 6.66. The monoisotopic (exact) mass is 345 g/mol. The first-order valence-electron chi connectivity index (χ1n) is 7.53. The minimum Gasteiger partial charge on any atom is -0.426 e. The summed E-state index contributed by atoms with van der Waals surface area (Å²) in [5.41, 5.74) is -0.402. The number of carbonyl (C=O) groups excluding carboxylic acids is 2. The summed E-state index contributed by atoms with van der Waals surface area (Å²) < 4.78 is 5.28. The third-order valence-electron chi connectivity index (χ3n) is 3.97. The lowest BCUT2D eigenvalue weighted by Crippen LogP contribution is -2.29. The van der Waals surface area contributed by atoms with E-state index in [9.17, 15) is 14.4 Å². The molecule has 0 unspecified atom stereocenters. The van der Waals surface area contributed by atoms with E-state index in [1.54, 1.807) is 24.3 Å². The Morgan fingerprint density at radius 3 is 2.62 bits per heavy atom. The van der Waals surface area contributed by atoms with Crippen molar-refractivity contribution >= 4 is 29.0 Å². The topological polar surface area (TPSA) is 76.4 Å². The van der Waals surface area contributed by atoms with E-state index in [0.717, 1.165) is 0 Å². The number of benzene rings is 1. The van der Waals surface area contributed by atoms with Crippen molar-refractivity contribution in [3.05, 3.63) is 62.7 Å². The summed E-state index contributed by atoms with van der Waals surface area (Å²) in [4.78, 5) is 36.7. The van der Waals surface area contributed by atoms with Crippen LogP contribution >= 0.6 is 11.6 Å². The zero-order valence-corrected chi connectivity index (χ0v) is 14.1. The SMILES string of the molecule is CC1(C)CC(=O)c2cc(NC(=O)c3ccccc3Cl)c(=O)oc2C1. The molecule has 0 saturated carbocycles. The highest BCUT2D eigenvalue weighted by Gasteiger charge is 2.33. The first kappa shape index (κ1) is 16.5. The minimum atomic E-state index is -0.681. The third kappa shape index (κ3) is 3.12. The Hall–Kier alpha value is -2.40. The molecule has 0 spiro atoms. The molecular weight excluding hydrogens is 330 g/mol. The molecule has 0 aliphatic heterocycles. The number of carbonyl (C=O) groups is 2. The van der Waals surface area contributed by atoms with Gasteiger partial charge in [0.05, 0.1) is 16.1 Å². The number of ketones is 1. The smallest absolute Gasteiger partial charge is 0.359 e. The van der Waals surface area contributed by atoms with E-state index in [2.05, 4.69) is 5.32 Å². The molecule has 0 atom stereocenters. The van der Waals surface area contributed by atoms with E-state index in [1.807, 2.05) is 13.8 Å². The average Bonchev–Trinajstić information content (AvgIpc) is 2.48. The molecule has 1 heterocycles. The van der Waals surface area contributed by atoms with E-state index >= 15 is 0 Å². The summed E-state index contributed by atoms with van der Waals surface area (Å²) in [6, 6.07) is 7.89. The Labute approximate surface area is 143 Å². The lowest BCUT2D eigenvalue weighted by molar-refractivity contribution is 0.0896. The van der Waals surface area contributed by atoms with E-state index in [1.165, 1.54) is 6.07 Å². The fraction of sp³-hybridized carbons (Fsp3) is 0.278. The lowest BCUT2D eigenvalue weighted by Gasteiger charge is -2.28. The van der Waals surface area contributed by atoms with Crippen molar-refractivity contribution < 1.29 is 14.0 Å². The summed E-state index contributed by atoms with van der Waals surface area (Å²) in [5.74, 6) is -0.258. The lowest BCUT2D eigenvalue weighted by atomic mass is 9.76. The van der Waals surface area contributed by atoms with Gasteiger partial charge in [0.1, 0.15) is 11.4 Å². The van der Waals surface area contributed by atoms with Gasteiger partial charge in [0.15, 0.2) is 5.78 Å². The van der Waals surface area contributed by atoms with Crippen LogP contribution in [0.1, 0.15) is 46.7 Å². The van der Waals surface area contributed by atoms with Gasteiger partial charge in [-0.05, 0) is 23.6 Å². The van der Waals surface area contributed by atoms with Crippen LogP contribution in [0.15, 0.2) is 39.5 Å². The zero-order chi connectivity index (χ0) is 17.5. The van der Waals surface area contributed by atoms with Crippen molar-refractivity contribution in [1.82, 2.24) is 0 Å². The van der Waals surface area contributed by atoms with Crippen LogP contribution in [0.5, 0.6) is 0 Å². The van der Waals surface area contributed by atoms with E-state index in [0.29, 0.717) is 24.2 Å². The van der Waals surface area contributed by atoms with Gasteiger partial charge in [-0.3, -0.25) is 9.59 Å². The van der Waals surface area contributed by atoms with E-state index < -0.39 is 11.5 Å². The van der Waals surface area contributed by atoms with Crippen LogP contribution in [0.3, 0.4) is 0 Å². The first-order valence-corrected chi connectivity index (χ1v) is 7.91. The van der Waals surface area contributed by atoms with Crippen LogP contribution in [-0.4, -0.2) is 11.7 Å². The zero-order valence-electron chi connectivity index (χ0n) is 13.3. The predicted octanol–water partition coefficient (Wildman–Crippen LogP) is 3.70. The molecule has 1 N–H and O–H groups in total. The molecule has 0 saturated heterocycles. The van der Waals surface area contributed by atoms with Crippen LogP contribution in [0.4, 0.5) is 5.69 Å². The summed E-state index contributed by atoms with van der Waals surface area (Å²) in [6.07, 6.45) is 0.869. The Bertz CT molecular complexity index is 898. The Morgan fingerprint density at radius 2 is 1.92 bits per heavy atom. The molecule has 0 radical (unpaired) electrons. The van der Waals surface area contributed by atoms with Crippen molar-refractivity contribution in [2.45, 2.75) is 26.7 Å². The molecule has 3 rings (SSSR count). The van der Waals surface area contributed by atoms with Gasteiger partial charge >= 0.3 is 5.63 Å². The third-order valence-corrected chi connectivity index (χ3v) is 4.30. The number of rotatable bonds is 2. The van der Waals surface area contributed by atoms with Crippen molar-refractivity contribution in [3.8, 4) is 0 Å². The number of nitrogens with one attached hydrogen (secondary N) is 1. The fourth-order valence-corrected chi connectivity index (χ4v) is 3.04. The average molecular weight is 346 g/mol. The molecule has 24 heavy (non-hydrogen) atoms. The maximum Gasteiger partial charge on any atom is 0.359 e. The van der Waals surface area contributed by atoms with Crippen LogP contribution < -0.4 is 10.9 Å². The van der Waals surface area contributed by atoms with Crippen LogP contribution in [-0.2, 0) is 6.42 Å². The molecule has 1 amide bonds. The van der Waals surface area contributed by atoms with Crippen LogP contribution in [0.25, 0.3) is 0 Å². The quantitative estimate of drug-likeness (QED) is 0.900. The van der Waals surface area contributed by atoms with Crippen LogP contribution in [0.2, 0.25) is 5.02 Å². The predicted molar refractivity (Wildman–Crippen MR) is 90.8 cm³/mol. The Balaban J connectivity index is 1.95. The van der Waals surface area contributed by atoms with Gasteiger partial charge in [-0.15, -0.1) is 0 Å². The highest BCUT2D eigenvalue weighted by atomic mass is 35.5. The molecular formula is C18H16ClNO4. The number of fused-ring (bicyclic) bond motifs is 1. The second-order valence-corrected chi connectivity index (χ2v) is 7.07. The normalized spacial score (nSPS) is 15.7. The minimum absolute atomic E-state index is 0.0632. The molecule has 2 aromatic rings. The maximum atomic E-state index is 12.3. The largest absolute Gasteiger partial charge is 0.426 e. The van der Waals surface area contributed by atoms with Crippen molar-refractivity contribution in [3.63, 3.8) is 0 Å². The molecule has 0 bridgehead atoms. The molecule has 124 valence electrons. The summed E-state index contributed by atoms with van der Waals surface area (Å²) >= 11 is 5.98. The number of amides is 1. The summed E-state index contributed by atoms with van der Waals surface area (Å²) in [7, 11) is 0. The second kappa shape index (κ2) is 5.91. The molecule has 5 nitrogen and oxygen atoms in total. The number of hydrogen-bond donors (Lipinski definition) is 1. The highest BCUT2D eigenvalue weighted by molar-refractivity contribution is 6.34. The van der Waals surface area contributed by atoms with E-state index in [-0.39, 0.29) is 27.5 Å². The van der Waals surface area contributed by atoms with E-state index in [4.69, 9.17) is 16.0 Å².